The first-order chi connectivity index (χ1) is 10.1. The molecule has 1 aliphatic rings. The largest absolute Gasteiger partial charge is 0.497 e. The number of carbonyl (C=O) groups excluding carboxylic acids is 1. The summed E-state index contributed by atoms with van der Waals surface area (Å²) in [5.41, 5.74) is 0. The van der Waals surface area contributed by atoms with Crippen molar-refractivity contribution in [1.82, 2.24) is 4.90 Å². The van der Waals surface area contributed by atoms with Gasteiger partial charge in [0.05, 0.1) is 7.11 Å². The van der Waals surface area contributed by atoms with Gasteiger partial charge < -0.3 is 14.4 Å². The van der Waals surface area contributed by atoms with E-state index in [1.54, 1.807) is 20.1 Å². The van der Waals surface area contributed by atoms with Gasteiger partial charge in [0, 0.05) is 19.2 Å². The topological polar surface area (TPSA) is 38.8 Å². The first-order valence-electron chi connectivity index (χ1n) is 7.69. The van der Waals surface area contributed by atoms with Crippen LogP contribution in [0.25, 0.3) is 0 Å². The average Bonchev–Trinajstić information content (AvgIpc) is 2.54. The summed E-state index contributed by atoms with van der Waals surface area (Å²) in [6.45, 7) is 1.81. The van der Waals surface area contributed by atoms with Crippen LogP contribution < -0.4 is 9.47 Å². The van der Waals surface area contributed by atoms with Crippen LogP contribution in [0.2, 0.25) is 0 Å². The zero-order valence-corrected chi connectivity index (χ0v) is 13.2. The number of rotatable bonds is 5. The molecule has 116 valence electrons. The Hall–Kier alpha value is -1.71. The van der Waals surface area contributed by atoms with Crippen LogP contribution in [0, 0.1) is 0 Å². The van der Waals surface area contributed by atoms with Crippen LogP contribution in [-0.2, 0) is 4.79 Å². The quantitative estimate of drug-likeness (QED) is 0.836. The normalized spacial score (nSPS) is 17.1. The maximum absolute atomic E-state index is 12.5. The molecule has 1 saturated carbocycles. The maximum atomic E-state index is 12.5. The number of likely N-dealkylation sites (N-methyl/N-ethyl adjacent to an activating group) is 1. The molecule has 0 unspecified atom stereocenters. The van der Waals surface area contributed by atoms with Crippen LogP contribution >= 0.6 is 0 Å². The van der Waals surface area contributed by atoms with E-state index >= 15 is 0 Å². The van der Waals surface area contributed by atoms with Crippen LogP contribution in [0.15, 0.2) is 24.3 Å². The van der Waals surface area contributed by atoms with Crippen molar-refractivity contribution >= 4 is 5.91 Å². The second kappa shape index (κ2) is 7.34. The molecule has 1 amide bonds. The number of carbonyl (C=O) groups is 1. The standard InChI is InChI=1S/C17H25NO3/c1-13(21-16-11-7-10-15(12-16)20-3)17(19)18(2)14-8-5-4-6-9-14/h7,10-14H,4-6,8-9H2,1-3H3/t13-/m0/s1. The fourth-order valence-electron chi connectivity index (χ4n) is 2.86. The van der Waals surface area contributed by atoms with Gasteiger partial charge in [0.15, 0.2) is 6.10 Å². The highest BCUT2D eigenvalue weighted by molar-refractivity contribution is 5.81. The van der Waals surface area contributed by atoms with Crippen LogP contribution in [0.1, 0.15) is 39.0 Å². The van der Waals surface area contributed by atoms with Crippen molar-refractivity contribution < 1.29 is 14.3 Å². The molecule has 2 rings (SSSR count). The van der Waals surface area contributed by atoms with E-state index in [2.05, 4.69) is 0 Å². The molecule has 0 spiro atoms. The van der Waals surface area contributed by atoms with Crippen LogP contribution in [0.4, 0.5) is 0 Å². The molecule has 1 aromatic rings. The van der Waals surface area contributed by atoms with Gasteiger partial charge in [0.1, 0.15) is 11.5 Å². The molecule has 1 aromatic carbocycles. The SMILES string of the molecule is COc1cccc(O[C@@H](C)C(=O)N(C)C2CCCCC2)c1. The van der Waals surface area contributed by atoms with Gasteiger partial charge >= 0.3 is 0 Å². The Bertz CT molecular complexity index is 469. The Morgan fingerprint density at radius 3 is 2.57 bits per heavy atom. The van der Waals surface area contributed by atoms with Crippen molar-refractivity contribution in [2.45, 2.75) is 51.2 Å². The molecule has 4 heteroatoms. The van der Waals surface area contributed by atoms with Gasteiger partial charge in [-0.3, -0.25) is 4.79 Å². The lowest BCUT2D eigenvalue weighted by Crippen LogP contribution is -2.44. The molecule has 1 aliphatic carbocycles. The van der Waals surface area contributed by atoms with Gasteiger partial charge in [-0.1, -0.05) is 25.3 Å². The minimum atomic E-state index is -0.482. The van der Waals surface area contributed by atoms with E-state index in [0.717, 1.165) is 18.6 Å². The Kier molecular flexibility index (Phi) is 5.48. The van der Waals surface area contributed by atoms with Crippen LogP contribution in [-0.4, -0.2) is 37.1 Å². The fourth-order valence-corrected chi connectivity index (χ4v) is 2.86. The summed E-state index contributed by atoms with van der Waals surface area (Å²) < 4.78 is 10.9. The molecule has 1 atom stereocenters. The van der Waals surface area contributed by atoms with E-state index in [9.17, 15) is 4.79 Å². The number of ether oxygens (including phenoxy) is 2. The zero-order valence-electron chi connectivity index (χ0n) is 13.2. The minimum absolute atomic E-state index is 0.0460. The molecule has 0 bridgehead atoms. The van der Waals surface area contributed by atoms with Crippen molar-refractivity contribution in [3.05, 3.63) is 24.3 Å². The molecular formula is C17H25NO3. The smallest absolute Gasteiger partial charge is 0.263 e. The van der Waals surface area contributed by atoms with Gasteiger partial charge in [-0.05, 0) is 31.9 Å². The molecule has 21 heavy (non-hydrogen) atoms. The van der Waals surface area contributed by atoms with E-state index in [0.29, 0.717) is 11.8 Å². The Labute approximate surface area is 127 Å². The molecule has 0 N–H and O–H groups in total. The molecule has 0 aliphatic heterocycles. The third-order valence-electron chi connectivity index (χ3n) is 4.17. The average molecular weight is 291 g/mol. The highest BCUT2D eigenvalue weighted by Crippen LogP contribution is 2.24. The zero-order chi connectivity index (χ0) is 15.2. The third-order valence-corrected chi connectivity index (χ3v) is 4.17. The van der Waals surface area contributed by atoms with E-state index in [-0.39, 0.29) is 5.91 Å². The highest BCUT2D eigenvalue weighted by atomic mass is 16.5. The highest BCUT2D eigenvalue weighted by Gasteiger charge is 2.26. The first kappa shape index (κ1) is 15.7. The summed E-state index contributed by atoms with van der Waals surface area (Å²) in [5, 5.41) is 0. The number of benzene rings is 1. The summed E-state index contributed by atoms with van der Waals surface area (Å²) in [7, 11) is 3.51. The number of amides is 1. The lowest BCUT2D eigenvalue weighted by molar-refractivity contribution is -0.139. The van der Waals surface area contributed by atoms with Gasteiger partial charge in [0.2, 0.25) is 0 Å². The van der Waals surface area contributed by atoms with Crippen LogP contribution in [0.5, 0.6) is 11.5 Å². The van der Waals surface area contributed by atoms with Crippen molar-refractivity contribution in [1.29, 1.82) is 0 Å². The van der Waals surface area contributed by atoms with Gasteiger partial charge in [-0.15, -0.1) is 0 Å². The summed E-state index contributed by atoms with van der Waals surface area (Å²) in [5.74, 6) is 1.43. The molecule has 0 radical (unpaired) electrons. The van der Waals surface area contributed by atoms with E-state index in [4.69, 9.17) is 9.47 Å². The van der Waals surface area contributed by atoms with Crippen molar-refractivity contribution in [3.63, 3.8) is 0 Å². The number of hydrogen-bond donors (Lipinski definition) is 0. The second-order valence-corrected chi connectivity index (χ2v) is 5.68. The van der Waals surface area contributed by atoms with E-state index in [1.165, 1.54) is 19.3 Å². The van der Waals surface area contributed by atoms with E-state index in [1.807, 2.05) is 30.1 Å². The third kappa shape index (κ3) is 4.13. The van der Waals surface area contributed by atoms with E-state index < -0.39 is 6.10 Å². The predicted molar refractivity (Wildman–Crippen MR) is 82.7 cm³/mol. The van der Waals surface area contributed by atoms with Crippen molar-refractivity contribution in [3.8, 4) is 11.5 Å². The van der Waals surface area contributed by atoms with Crippen molar-refractivity contribution in [2.24, 2.45) is 0 Å². The van der Waals surface area contributed by atoms with Gasteiger partial charge in [0.25, 0.3) is 5.91 Å². The molecule has 4 nitrogen and oxygen atoms in total. The molecule has 1 fully saturated rings. The lowest BCUT2D eigenvalue weighted by Gasteiger charge is -2.32. The summed E-state index contributed by atoms with van der Waals surface area (Å²) >= 11 is 0. The monoisotopic (exact) mass is 291 g/mol. The Morgan fingerprint density at radius 1 is 1.24 bits per heavy atom. The number of nitrogens with zero attached hydrogens (tertiary/aromatic N) is 1. The Balaban J connectivity index is 1.94. The molecule has 0 aromatic heterocycles. The minimum Gasteiger partial charge on any atom is -0.497 e. The first-order valence-corrected chi connectivity index (χ1v) is 7.69. The van der Waals surface area contributed by atoms with Gasteiger partial charge in [-0.25, -0.2) is 0 Å². The summed E-state index contributed by atoms with van der Waals surface area (Å²) in [6.07, 6.45) is 5.45. The molecule has 0 heterocycles. The summed E-state index contributed by atoms with van der Waals surface area (Å²) in [6, 6.07) is 7.71. The predicted octanol–water partition coefficient (Wildman–Crippen LogP) is 3.25. The van der Waals surface area contributed by atoms with Crippen LogP contribution in [0.3, 0.4) is 0 Å². The Morgan fingerprint density at radius 2 is 1.90 bits per heavy atom. The lowest BCUT2D eigenvalue weighted by atomic mass is 9.94. The number of hydrogen-bond acceptors (Lipinski definition) is 3. The van der Waals surface area contributed by atoms with Gasteiger partial charge in [-0.2, -0.15) is 0 Å². The number of methoxy groups -OCH3 is 1. The summed E-state index contributed by atoms with van der Waals surface area (Å²) in [4.78, 5) is 14.3. The maximum Gasteiger partial charge on any atom is 0.263 e. The fraction of sp³-hybridized carbons (Fsp3) is 0.588. The second-order valence-electron chi connectivity index (χ2n) is 5.68. The molecular weight excluding hydrogens is 266 g/mol. The van der Waals surface area contributed by atoms with Crippen molar-refractivity contribution in [2.75, 3.05) is 14.2 Å². The molecule has 0 saturated heterocycles.